The molecule has 0 aliphatic heterocycles. The van der Waals surface area contributed by atoms with Crippen molar-refractivity contribution in [2.75, 3.05) is 7.11 Å². The molecule has 0 fully saturated rings. The summed E-state index contributed by atoms with van der Waals surface area (Å²) >= 11 is 5.02. The molecule has 1 amide bonds. The van der Waals surface area contributed by atoms with E-state index in [1.807, 2.05) is 30.3 Å². The number of aromatic nitrogens is 2. The lowest BCUT2D eigenvalue weighted by molar-refractivity contribution is -0.121. The fraction of sp³-hybridized carbons (Fsp3) is 0.286. The number of carbonyl (C=O) groups excluding carboxylic acids is 1. The van der Waals surface area contributed by atoms with Crippen LogP contribution in [0.5, 0.6) is 11.5 Å². The van der Waals surface area contributed by atoms with Crippen LogP contribution in [0.15, 0.2) is 63.2 Å². The number of hydrogen-bond donors (Lipinski definition) is 1. The van der Waals surface area contributed by atoms with E-state index in [2.05, 4.69) is 38.4 Å². The van der Waals surface area contributed by atoms with Gasteiger partial charge in [-0.3, -0.25) is 14.2 Å². The number of hydrogen-bond acceptors (Lipinski definition) is 7. The molecular formula is C28H27BrN4O4S. The van der Waals surface area contributed by atoms with Gasteiger partial charge in [0.25, 0.3) is 11.5 Å². The third-order valence-corrected chi connectivity index (χ3v) is 8.19. The highest BCUT2D eigenvalue weighted by atomic mass is 79.9. The molecule has 1 atom stereocenters. The minimum absolute atomic E-state index is 0.160. The van der Waals surface area contributed by atoms with Crippen molar-refractivity contribution in [1.82, 2.24) is 15.0 Å². The first kappa shape index (κ1) is 26.1. The Labute approximate surface area is 232 Å². The summed E-state index contributed by atoms with van der Waals surface area (Å²) in [6, 6.07) is 13.3. The lowest BCUT2D eigenvalue weighted by Crippen LogP contribution is -2.30. The maximum absolute atomic E-state index is 13.1. The number of carbonyl (C=O) groups is 1. The van der Waals surface area contributed by atoms with E-state index in [0.29, 0.717) is 29.4 Å². The van der Waals surface area contributed by atoms with Gasteiger partial charge in [0.2, 0.25) is 0 Å². The van der Waals surface area contributed by atoms with Crippen molar-refractivity contribution in [2.45, 2.75) is 39.3 Å². The summed E-state index contributed by atoms with van der Waals surface area (Å²) in [4.78, 5) is 32.1. The first-order chi connectivity index (χ1) is 18.4. The van der Waals surface area contributed by atoms with Gasteiger partial charge in [0, 0.05) is 9.35 Å². The van der Waals surface area contributed by atoms with E-state index in [0.717, 1.165) is 45.3 Å². The van der Waals surface area contributed by atoms with E-state index in [4.69, 9.17) is 9.47 Å². The van der Waals surface area contributed by atoms with Crippen LogP contribution in [0.1, 0.15) is 34.9 Å². The minimum Gasteiger partial charge on any atom is -0.493 e. The van der Waals surface area contributed by atoms with Gasteiger partial charge in [-0.05, 0) is 72.2 Å². The van der Waals surface area contributed by atoms with Crippen molar-refractivity contribution >= 4 is 49.6 Å². The molecule has 0 spiro atoms. The smallest absolute Gasteiger partial charge is 0.262 e. The van der Waals surface area contributed by atoms with Crippen LogP contribution in [-0.4, -0.2) is 28.8 Å². The summed E-state index contributed by atoms with van der Waals surface area (Å²) in [6.45, 7) is 2.47. The maximum Gasteiger partial charge on any atom is 0.262 e. The quantitative estimate of drug-likeness (QED) is 0.227. The third-order valence-electron chi connectivity index (χ3n) is 6.49. The lowest BCUT2D eigenvalue weighted by Gasteiger charge is -2.17. The van der Waals surface area contributed by atoms with Gasteiger partial charge in [0.15, 0.2) is 11.5 Å². The molecule has 8 nitrogen and oxygen atoms in total. The largest absolute Gasteiger partial charge is 0.493 e. The molecule has 10 heteroatoms. The Hall–Kier alpha value is -3.50. The second kappa shape index (κ2) is 11.5. The van der Waals surface area contributed by atoms with Gasteiger partial charge in [-0.2, -0.15) is 5.10 Å². The lowest BCUT2D eigenvalue weighted by atomic mass is 9.89. The number of ether oxygens (including phenoxy) is 2. The van der Waals surface area contributed by atoms with Crippen molar-refractivity contribution in [1.29, 1.82) is 0 Å². The van der Waals surface area contributed by atoms with Crippen LogP contribution in [0.25, 0.3) is 10.2 Å². The Morgan fingerprint density at radius 3 is 2.87 bits per heavy atom. The average Bonchev–Trinajstić information content (AvgIpc) is 3.28. The Morgan fingerprint density at radius 1 is 1.26 bits per heavy atom. The number of nitrogens with one attached hydrogen (secondary N) is 1. The number of hydrazone groups is 1. The van der Waals surface area contributed by atoms with Gasteiger partial charge in [-0.25, -0.2) is 10.4 Å². The molecule has 196 valence electrons. The molecule has 1 N–H and O–H groups in total. The molecule has 38 heavy (non-hydrogen) atoms. The van der Waals surface area contributed by atoms with Gasteiger partial charge in [-0.15, -0.1) is 11.3 Å². The average molecular weight is 596 g/mol. The Bertz CT molecular complexity index is 1560. The Balaban J connectivity index is 1.21. The number of nitrogens with zero attached hydrogens (tertiary/aromatic N) is 3. The predicted molar refractivity (Wildman–Crippen MR) is 152 cm³/mol. The highest BCUT2D eigenvalue weighted by molar-refractivity contribution is 9.10. The normalized spacial score (nSPS) is 15.0. The molecular weight excluding hydrogens is 568 g/mol. The topological polar surface area (TPSA) is 94.8 Å². The monoisotopic (exact) mass is 594 g/mol. The number of methoxy groups -OCH3 is 1. The molecule has 1 aliphatic carbocycles. The van der Waals surface area contributed by atoms with E-state index in [-0.39, 0.29) is 12.1 Å². The molecule has 0 bridgehead atoms. The Kier molecular flexibility index (Phi) is 7.90. The molecule has 2 heterocycles. The molecule has 2 aromatic carbocycles. The standard InChI is InChI=1S/C28H27BrN4O4S/c1-17-3-9-21-24(11-17)38-27-26(21)28(35)33(16-30-27)14-25(34)32-31-13-19-6-10-22(23(12-19)36-2)37-15-18-4-7-20(29)8-5-18/h4-8,10,12-13,16-17H,3,9,11,14-15H2,1-2H3,(H,32,34)/b31-13-/t17-/m1/s1. The number of aryl methyl sites for hydroxylation is 1. The summed E-state index contributed by atoms with van der Waals surface area (Å²) in [6.07, 6.45) is 5.88. The first-order valence-corrected chi connectivity index (χ1v) is 13.9. The molecule has 4 aromatic rings. The van der Waals surface area contributed by atoms with E-state index in [1.165, 1.54) is 22.0 Å². The van der Waals surface area contributed by atoms with Crippen LogP contribution in [-0.2, 0) is 30.8 Å². The highest BCUT2D eigenvalue weighted by Gasteiger charge is 2.23. The van der Waals surface area contributed by atoms with E-state index in [1.54, 1.807) is 30.6 Å². The summed E-state index contributed by atoms with van der Waals surface area (Å²) in [5.74, 6) is 1.35. The minimum atomic E-state index is -0.413. The van der Waals surface area contributed by atoms with Crippen LogP contribution in [0.3, 0.4) is 0 Å². The number of fused-ring (bicyclic) bond motifs is 3. The molecule has 0 radical (unpaired) electrons. The van der Waals surface area contributed by atoms with Crippen molar-refractivity contribution < 1.29 is 14.3 Å². The molecule has 1 aliphatic rings. The van der Waals surface area contributed by atoms with E-state index in [9.17, 15) is 9.59 Å². The summed E-state index contributed by atoms with van der Waals surface area (Å²) in [5.41, 5.74) is 5.17. The zero-order chi connectivity index (χ0) is 26.6. The zero-order valence-corrected chi connectivity index (χ0v) is 23.5. The summed E-state index contributed by atoms with van der Waals surface area (Å²) in [7, 11) is 1.57. The van der Waals surface area contributed by atoms with Gasteiger partial charge in [-0.1, -0.05) is 35.0 Å². The number of amides is 1. The number of thiophene rings is 1. The van der Waals surface area contributed by atoms with Gasteiger partial charge in [0.05, 0.1) is 25.0 Å². The first-order valence-electron chi connectivity index (χ1n) is 12.3. The summed E-state index contributed by atoms with van der Waals surface area (Å²) in [5, 5.41) is 4.70. The van der Waals surface area contributed by atoms with E-state index >= 15 is 0 Å². The second-order valence-electron chi connectivity index (χ2n) is 9.33. The van der Waals surface area contributed by atoms with Gasteiger partial charge >= 0.3 is 0 Å². The molecule has 2 aromatic heterocycles. The van der Waals surface area contributed by atoms with Crippen LogP contribution < -0.4 is 20.5 Å². The number of benzene rings is 2. The van der Waals surface area contributed by atoms with Crippen LogP contribution in [0, 0.1) is 5.92 Å². The molecule has 0 unspecified atom stereocenters. The number of halogens is 1. The van der Waals surface area contributed by atoms with Crippen molar-refractivity contribution in [3.05, 3.63) is 85.2 Å². The third kappa shape index (κ3) is 5.81. The molecule has 0 saturated heterocycles. The summed E-state index contributed by atoms with van der Waals surface area (Å²) < 4.78 is 13.7. The fourth-order valence-electron chi connectivity index (χ4n) is 4.47. The fourth-order valence-corrected chi connectivity index (χ4v) is 6.08. The highest BCUT2D eigenvalue weighted by Crippen LogP contribution is 2.35. The predicted octanol–water partition coefficient (Wildman–Crippen LogP) is 5.08. The van der Waals surface area contributed by atoms with Crippen LogP contribution in [0.2, 0.25) is 0 Å². The SMILES string of the molecule is COc1cc(/C=N\NC(=O)Cn2cnc3sc4c(c3c2=O)CC[C@@H](C)C4)ccc1OCc1ccc(Br)cc1. The molecule has 0 saturated carbocycles. The van der Waals surface area contributed by atoms with Crippen molar-refractivity contribution in [3.8, 4) is 11.5 Å². The maximum atomic E-state index is 13.1. The molecule has 5 rings (SSSR count). The Morgan fingerprint density at radius 2 is 2.08 bits per heavy atom. The second-order valence-corrected chi connectivity index (χ2v) is 11.3. The van der Waals surface area contributed by atoms with Crippen molar-refractivity contribution in [3.63, 3.8) is 0 Å². The van der Waals surface area contributed by atoms with E-state index < -0.39 is 5.91 Å². The number of rotatable bonds is 8. The van der Waals surface area contributed by atoms with Crippen molar-refractivity contribution in [2.24, 2.45) is 11.0 Å². The van der Waals surface area contributed by atoms with Crippen LogP contribution in [0.4, 0.5) is 0 Å². The zero-order valence-electron chi connectivity index (χ0n) is 21.1. The van der Waals surface area contributed by atoms with Crippen LogP contribution >= 0.6 is 27.3 Å². The van der Waals surface area contributed by atoms with Gasteiger partial charge < -0.3 is 9.47 Å². The van der Waals surface area contributed by atoms with Gasteiger partial charge in [0.1, 0.15) is 18.0 Å².